The van der Waals surface area contributed by atoms with Crippen molar-refractivity contribution in [1.29, 1.82) is 5.41 Å². The SMILES string of the molecule is N=C(N)c1cc(F)ccc1Oc1ccc(F)c(Br)c1. The molecule has 0 radical (unpaired) electrons. The zero-order valence-electron chi connectivity index (χ0n) is 9.58. The zero-order chi connectivity index (χ0) is 14.0. The maximum Gasteiger partial charge on any atom is 0.138 e. The van der Waals surface area contributed by atoms with Gasteiger partial charge in [0.1, 0.15) is 29.0 Å². The van der Waals surface area contributed by atoms with Crippen LogP contribution in [0.4, 0.5) is 8.78 Å². The van der Waals surface area contributed by atoms with Crippen molar-refractivity contribution in [3.05, 3.63) is 58.1 Å². The Morgan fingerprint density at radius 3 is 2.53 bits per heavy atom. The summed E-state index contributed by atoms with van der Waals surface area (Å²) in [4.78, 5) is 0. The van der Waals surface area contributed by atoms with Crippen LogP contribution in [0.25, 0.3) is 0 Å². The molecule has 0 fully saturated rings. The van der Waals surface area contributed by atoms with Gasteiger partial charge < -0.3 is 10.5 Å². The molecule has 3 nitrogen and oxygen atoms in total. The molecule has 98 valence electrons. The second kappa shape index (κ2) is 5.36. The predicted octanol–water partition coefficient (Wildman–Crippen LogP) is 3.80. The molecule has 0 bridgehead atoms. The molecule has 0 atom stereocenters. The average molecular weight is 327 g/mol. The van der Waals surface area contributed by atoms with Crippen LogP contribution >= 0.6 is 15.9 Å². The second-order valence-electron chi connectivity index (χ2n) is 3.73. The summed E-state index contributed by atoms with van der Waals surface area (Å²) in [5.74, 6) is -0.665. The molecule has 0 aliphatic rings. The van der Waals surface area contributed by atoms with Gasteiger partial charge >= 0.3 is 0 Å². The van der Waals surface area contributed by atoms with Gasteiger partial charge in [0.05, 0.1) is 10.0 Å². The average Bonchev–Trinajstić information content (AvgIpc) is 2.36. The van der Waals surface area contributed by atoms with Crippen LogP contribution in [0.3, 0.4) is 0 Å². The van der Waals surface area contributed by atoms with E-state index in [2.05, 4.69) is 15.9 Å². The van der Waals surface area contributed by atoms with E-state index >= 15 is 0 Å². The van der Waals surface area contributed by atoms with Crippen molar-refractivity contribution in [3.8, 4) is 11.5 Å². The molecule has 0 unspecified atom stereocenters. The van der Waals surface area contributed by atoms with Gasteiger partial charge in [0.25, 0.3) is 0 Å². The summed E-state index contributed by atoms with van der Waals surface area (Å²) in [6.07, 6.45) is 0. The molecule has 0 aliphatic carbocycles. The zero-order valence-corrected chi connectivity index (χ0v) is 11.2. The summed E-state index contributed by atoms with van der Waals surface area (Å²) in [7, 11) is 0. The fourth-order valence-electron chi connectivity index (χ4n) is 1.47. The van der Waals surface area contributed by atoms with E-state index in [-0.39, 0.29) is 21.6 Å². The van der Waals surface area contributed by atoms with Gasteiger partial charge in [-0.3, -0.25) is 5.41 Å². The van der Waals surface area contributed by atoms with Gasteiger partial charge in [-0.05, 0) is 52.3 Å². The highest BCUT2D eigenvalue weighted by molar-refractivity contribution is 9.10. The van der Waals surface area contributed by atoms with Crippen LogP contribution in [0.1, 0.15) is 5.56 Å². The largest absolute Gasteiger partial charge is 0.457 e. The van der Waals surface area contributed by atoms with Crippen molar-refractivity contribution in [3.63, 3.8) is 0 Å². The fourth-order valence-corrected chi connectivity index (χ4v) is 1.83. The lowest BCUT2D eigenvalue weighted by molar-refractivity contribution is 0.476. The van der Waals surface area contributed by atoms with Crippen molar-refractivity contribution in [1.82, 2.24) is 0 Å². The number of hydrogen-bond acceptors (Lipinski definition) is 2. The first-order chi connectivity index (χ1) is 8.97. The first kappa shape index (κ1) is 13.5. The molecular formula is C13H9BrF2N2O. The Labute approximate surface area is 116 Å². The van der Waals surface area contributed by atoms with Gasteiger partial charge in [0, 0.05) is 0 Å². The number of nitrogens with two attached hydrogens (primary N) is 1. The molecule has 2 aromatic rings. The fraction of sp³-hybridized carbons (Fsp3) is 0. The first-order valence-corrected chi connectivity index (χ1v) is 6.03. The standard InChI is InChI=1S/C13H9BrF2N2O/c14-10-6-8(2-3-11(10)16)19-12-4-1-7(15)5-9(12)13(17)18/h1-6H,(H3,17,18). The number of nitrogens with one attached hydrogen (secondary N) is 1. The summed E-state index contributed by atoms with van der Waals surface area (Å²) in [5, 5.41) is 7.38. The highest BCUT2D eigenvalue weighted by Crippen LogP contribution is 2.28. The molecule has 3 N–H and O–H groups in total. The number of rotatable bonds is 3. The van der Waals surface area contributed by atoms with Crippen LogP contribution < -0.4 is 10.5 Å². The Morgan fingerprint density at radius 2 is 1.89 bits per heavy atom. The monoisotopic (exact) mass is 326 g/mol. The van der Waals surface area contributed by atoms with E-state index in [1.807, 2.05) is 0 Å². The van der Waals surface area contributed by atoms with Crippen LogP contribution in [0.2, 0.25) is 0 Å². The summed E-state index contributed by atoms with van der Waals surface area (Å²) < 4.78 is 31.9. The van der Waals surface area contributed by atoms with Gasteiger partial charge in [0.15, 0.2) is 0 Å². The Bertz CT molecular complexity index is 647. The quantitative estimate of drug-likeness (QED) is 0.665. The lowest BCUT2D eigenvalue weighted by Crippen LogP contribution is -2.12. The molecule has 2 aromatic carbocycles. The molecule has 2 rings (SSSR count). The minimum absolute atomic E-state index is 0.139. The van der Waals surface area contributed by atoms with Crippen molar-refractivity contribution in [2.24, 2.45) is 5.73 Å². The molecule has 0 heterocycles. The Morgan fingerprint density at radius 1 is 1.16 bits per heavy atom. The molecule has 0 aromatic heterocycles. The van der Waals surface area contributed by atoms with Gasteiger partial charge in [0.2, 0.25) is 0 Å². The lowest BCUT2D eigenvalue weighted by Gasteiger charge is -2.10. The minimum Gasteiger partial charge on any atom is -0.457 e. The van der Waals surface area contributed by atoms with Crippen LogP contribution in [-0.2, 0) is 0 Å². The van der Waals surface area contributed by atoms with Gasteiger partial charge in [-0.1, -0.05) is 0 Å². The summed E-state index contributed by atoms with van der Waals surface area (Å²) in [5.41, 5.74) is 5.50. The molecule has 0 aliphatic heterocycles. The third-order valence-electron chi connectivity index (χ3n) is 2.35. The van der Waals surface area contributed by atoms with E-state index in [1.54, 1.807) is 0 Å². The van der Waals surface area contributed by atoms with Crippen LogP contribution in [-0.4, -0.2) is 5.84 Å². The van der Waals surface area contributed by atoms with E-state index < -0.39 is 11.6 Å². The maximum atomic E-state index is 13.1. The molecule has 6 heteroatoms. The number of ether oxygens (including phenoxy) is 1. The van der Waals surface area contributed by atoms with E-state index in [4.69, 9.17) is 15.9 Å². The van der Waals surface area contributed by atoms with E-state index in [9.17, 15) is 8.78 Å². The van der Waals surface area contributed by atoms with Gasteiger partial charge in [-0.15, -0.1) is 0 Å². The number of hydrogen-bond donors (Lipinski definition) is 2. The van der Waals surface area contributed by atoms with Crippen molar-refractivity contribution in [2.75, 3.05) is 0 Å². The molecular weight excluding hydrogens is 318 g/mol. The predicted molar refractivity (Wildman–Crippen MR) is 71.6 cm³/mol. The molecule has 0 spiro atoms. The van der Waals surface area contributed by atoms with Crippen molar-refractivity contribution in [2.45, 2.75) is 0 Å². The smallest absolute Gasteiger partial charge is 0.138 e. The highest BCUT2D eigenvalue weighted by atomic mass is 79.9. The van der Waals surface area contributed by atoms with Crippen LogP contribution in [0, 0.1) is 17.0 Å². The Balaban J connectivity index is 2.37. The molecule has 0 saturated heterocycles. The normalized spacial score (nSPS) is 10.3. The number of nitrogen functional groups attached to an aromatic ring is 1. The second-order valence-corrected chi connectivity index (χ2v) is 4.59. The van der Waals surface area contributed by atoms with Crippen molar-refractivity contribution < 1.29 is 13.5 Å². The van der Waals surface area contributed by atoms with Gasteiger partial charge in [-0.2, -0.15) is 0 Å². The highest BCUT2D eigenvalue weighted by Gasteiger charge is 2.10. The van der Waals surface area contributed by atoms with Crippen LogP contribution in [0.5, 0.6) is 11.5 Å². The summed E-state index contributed by atoms with van der Waals surface area (Å²) in [6.45, 7) is 0. The minimum atomic E-state index is -0.516. The van der Waals surface area contributed by atoms with E-state index in [1.165, 1.54) is 30.3 Å². The number of amidine groups is 1. The number of benzene rings is 2. The lowest BCUT2D eigenvalue weighted by atomic mass is 10.2. The van der Waals surface area contributed by atoms with Crippen molar-refractivity contribution >= 4 is 21.8 Å². The molecule has 0 saturated carbocycles. The Hall–Kier alpha value is -1.95. The summed E-state index contributed by atoms with van der Waals surface area (Å²) >= 11 is 3.04. The first-order valence-electron chi connectivity index (χ1n) is 5.24. The number of halogens is 3. The topological polar surface area (TPSA) is 59.1 Å². The van der Waals surface area contributed by atoms with E-state index in [0.717, 1.165) is 6.07 Å². The maximum absolute atomic E-state index is 13.1. The van der Waals surface area contributed by atoms with Gasteiger partial charge in [-0.25, -0.2) is 8.78 Å². The van der Waals surface area contributed by atoms with E-state index in [0.29, 0.717) is 5.75 Å². The van der Waals surface area contributed by atoms with Crippen LogP contribution in [0.15, 0.2) is 40.9 Å². The molecule has 19 heavy (non-hydrogen) atoms. The third-order valence-corrected chi connectivity index (χ3v) is 2.96. The molecule has 0 amide bonds. The summed E-state index contributed by atoms with van der Waals surface area (Å²) in [6, 6.07) is 7.76. The third kappa shape index (κ3) is 3.08. The Kier molecular flexibility index (Phi) is 3.80.